The second kappa shape index (κ2) is 10.1. The molecule has 102 valence electrons. The molecule has 1 aromatic rings. The highest BCUT2D eigenvalue weighted by Gasteiger charge is 2.01. The Kier molecular flexibility index (Phi) is 8.53. The van der Waals surface area contributed by atoms with Crippen molar-refractivity contribution in [1.29, 1.82) is 0 Å². The van der Waals surface area contributed by atoms with E-state index in [0.717, 1.165) is 19.6 Å². The van der Waals surface area contributed by atoms with Crippen LogP contribution in [0, 0.1) is 0 Å². The van der Waals surface area contributed by atoms with Crippen molar-refractivity contribution in [3.05, 3.63) is 35.9 Å². The zero-order valence-corrected chi connectivity index (χ0v) is 12.0. The summed E-state index contributed by atoms with van der Waals surface area (Å²) in [7, 11) is 0. The fourth-order valence-electron chi connectivity index (χ4n) is 2.15. The van der Waals surface area contributed by atoms with E-state index in [4.69, 9.17) is 0 Å². The predicted octanol–water partition coefficient (Wildman–Crippen LogP) is 2.94. The van der Waals surface area contributed by atoms with Crippen molar-refractivity contribution in [2.45, 2.75) is 33.1 Å². The zero-order valence-electron chi connectivity index (χ0n) is 12.0. The molecular formula is C16H28N2. The van der Waals surface area contributed by atoms with Crippen LogP contribution in [0.2, 0.25) is 0 Å². The Hall–Kier alpha value is -0.860. The van der Waals surface area contributed by atoms with Gasteiger partial charge in [-0.2, -0.15) is 0 Å². The smallest absolute Gasteiger partial charge is 0.0107 e. The van der Waals surface area contributed by atoms with Crippen LogP contribution >= 0.6 is 0 Å². The molecule has 2 nitrogen and oxygen atoms in total. The van der Waals surface area contributed by atoms with Crippen LogP contribution in [0.4, 0.5) is 0 Å². The van der Waals surface area contributed by atoms with E-state index in [-0.39, 0.29) is 0 Å². The van der Waals surface area contributed by atoms with Crippen LogP contribution in [0.1, 0.15) is 32.3 Å². The summed E-state index contributed by atoms with van der Waals surface area (Å²) in [6, 6.07) is 10.8. The SMILES string of the molecule is CCNCCN(CC)CCCCc1ccccc1. The first-order valence-corrected chi connectivity index (χ1v) is 7.33. The van der Waals surface area contributed by atoms with Crippen molar-refractivity contribution in [1.82, 2.24) is 10.2 Å². The van der Waals surface area contributed by atoms with Gasteiger partial charge in [-0.3, -0.25) is 0 Å². The Bertz CT molecular complexity index is 284. The van der Waals surface area contributed by atoms with Gasteiger partial charge in [0.25, 0.3) is 0 Å². The summed E-state index contributed by atoms with van der Waals surface area (Å²) in [6.07, 6.45) is 3.81. The van der Waals surface area contributed by atoms with Crippen LogP contribution in [-0.2, 0) is 6.42 Å². The Morgan fingerprint density at radius 2 is 1.78 bits per heavy atom. The molecule has 0 spiro atoms. The predicted molar refractivity (Wildman–Crippen MR) is 80.0 cm³/mol. The van der Waals surface area contributed by atoms with Gasteiger partial charge in [-0.1, -0.05) is 44.2 Å². The standard InChI is InChI=1S/C16H28N2/c1-3-17-13-15-18(4-2)14-9-8-12-16-10-6-5-7-11-16/h5-7,10-11,17H,3-4,8-9,12-15H2,1-2H3. The lowest BCUT2D eigenvalue weighted by Crippen LogP contribution is -2.32. The summed E-state index contributed by atoms with van der Waals surface area (Å²) < 4.78 is 0. The highest BCUT2D eigenvalue weighted by Crippen LogP contribution is 2.05. The number of aryl methyl sites for hydroxylation is 1. The molecule has 0 heterocycles. The fraction of sp³-hybridized carbons (Fsp3) is 0.625. The number of nitrogens with one attached hydrogen (secondary N) is 1. The molecule has 0 aliphatic carbocycles. The van der Waals surface area contributed by atoms with E-state index in [9.17, 15) is 0 Å². The van der Waals surface area contributed by atoms with Gasteiger partial charge in [-0.15, -0.1) is 0 Å². The minimum absolute atomic E-state index is 1.07. The quantitative estimate of drug-likeness (QED) is 0.640. The molecule has 0 amide bonds. The molecule has 0 aliphatic heterocycles. The summed E-state index contributed by atoms with van der Waals surface area (Å²) in [5.74, 6) is 0. The molecule has 0 saturated heterocycles. The monoisotopic (exact) mass is 248 g/mol. The molecule has 0 fully saturated rings. The Labute approximate surface area is 112 Å². The van der Waals surface area contributed by atoms with Crippen LogP contribution < -0.4 is 5.32 Å². The summed E-state index contributed by atoms with van der Waals surface area (Å²) in [5.41, 5.74) is 1.47. The van der Waals surface area contributed by atoms with E-state index in [1.807, 2.05) is 0 Å². The highest BCUT2D eigenvalue weighted by molar-refractivity contribution is 5.14. The maximum atomic E-state index is 3.39. The first-order valence-electron chi connectivity index (χ1n) is 7.33. The Balaban J connectivity index is 2.08. The van der Waals surface area contributed by atoms with Crippen molar-refractivity contribution in [3.63, 3.8) is 0 Å². The molecule has 0 atom stereocenters. The topological polar surface area (TPSA) is 15.3 Å². The van der Waals surface area contributed by atoms with Crippen LogP contribution in [0.15, 0.2) is 30.3 Å². The van der Waals surface area contributed by atoms with E-state index < -0.39 is 0 Å². The van der Waals surface area contributed by atoms with Gasteiger partial charge in [0.1, 0.15) is 0 Å². The Morgan fingerprint density at radius 1 is 1.00 bits per heavy atom. The summed E-state index contributed by atoms with van der Waals surface area (Å²) in [4.78, 5) is 2.54. The summed E-state index contributed by atoms with van der Waals surface area (Å²) in [5, 5.41) is 3.39. The second-order valence-corrected chi connectivity index (χ2v) is 4.73. The molecule has 0 bridgehead atoms. The molecule has 18 heavy (non-hydrogen) atoms. The van der Waals surface area contributed by atoms with Gasteiger partial charge < -0.3 is 10.2 Å². The molecule has 0 radical (unpaired) electrons. The minimum atomic E-state index is 1.07. The van der Waals surface area contributed by atoms with E-state index in [2.05, 4.69) is 54.4 Å². The summed E-state index contributed by atoms with van der Waals surface area (Å²) >= 11 is 0. The molecule has 2 heteroatoms. The van der Waals surface area contributed by atoms with Crippen molar-refractivity contribution in [2.75, 3.05) is 32.7 Å². The lowest BCUT2D eigenvalue weighted by atomic mass is 10.1. The van der Waals surface area contributed by atoms with Crippen molar-refractivity contribution < 1.29 is 0 Å². The van der Waals surface area contributed by atoms with Gasteiger partial charge >= 0.3 is 0 Å². The lowest BCUT2D eigenvalue weighted by Gasteiger charge is -2.20. The first kappa shape index (κ1) is 15.2. The maximum Gasteiger partial charge on any atom is 0.0107 e. The molecule has 0 aliphatic rings. The number of benzene rings is 1. The maximum absolute atomic E-state index is 3.39. The average Bonchev–Trinajstić information content (AvgIpc) is 2.43. The molecule has 0 unspecified atom stereocenters. The third-order valence-corrected chi connectivity index (χ3v) is 3.33. The molecule has 1 rings (SSSR count). The van der Waals surface area contributed by atoms with Crippen molar-refractivity contribution in [3.8, 4) is 0 Å². The average molecular weight is 248 g/mol. The fourth-order valence-corrected chi connectivity index (χ4v) is 2.15. The number of nitrogens with zero attached hydrogens (tertiary/aromatic N) is 1. The largest absolute Gasteiger partial charge is 0.316 e. The normalized spacial score (nSPS) is 11.1. The molecule has 1 N–H and O–H groups in total. The third-order valence-electron chi connectivity index (χ3n) is 3.33. The van der Waals surface area contributed by atoms with Gasteiger partial charge in [0.05, 0.1) is 0 Å². The van der Waals surface area contributed by atoms with Crippen LogP contribution in [-0.4, -0.2) is 37.6 Å². The van der Waals surface area contributed by atoms with Gasteiger partial charge in [-0.05, 0) is 44.5 Å². The first-order chi connectivity index (χ1) is 8.86. The number of hydrogen-bond donors (Lipinski definition) is 1. The molecule has 0 saturated carbocycles. The van der Waals surface area contributed by atoms with Gasteiger partial charge in [0.2, 0.25) is 0 Å². The third kappa shape index (κ3) is 6.77. The van der Waals surface area contributed by atoms with Crippen LogP contribution in [0.3, 0.4) is 0 Å². The zero-order chi connectivity index (χ0) is 13.1. The van der Waals surface area contributed by atoms with Gasteiger partial charge in [0.15, 0.2) is 0 Å². The summed E-state index contributed by atoms with van der Waals surface area (Å²) in [6.45, 7) is 10.2. The van der Waals surface area contributed by atoms with Crippen LogP contribution in [0.25, 0.3) is 0 Å². The van der Waals surface area contributed by atoms with E-state index >= 15 is 0 Å². The Morgan fingerprint density at radius 3 is 2.44 bits per heavy atom. The van der Waals surface area contributed by atoms with Gasteiger partial charge in [-0.25, -0.2) is 0 Å². The van der Waals surface area contributed by atoms with Crippen LogP contribution in [0.5, 0.6) is 0 Å². The second-order valence-electron chi connectivity index (χ2n) is 4.73. The number of hydrogen-bond acceptors (Lipinski definition) is 2. The minimum Gasteiger partial charge on any atom is -0.316 e. The van der Waals surface area contributed by atoms with Gasteiger partial charge in [0, 0.05) is 13.1 Å². The number of likely N-dealkylation sites (N-methyl/N-ethyl adjacent to an activating group) is 2. The molecular weight excluding hydrogens is 220 g/mol. The van der Waals surface area contributed by atoms with Crippen molar-refractivity contribution >= 4 is 0 Å². The van der Waals surface area contributed by atoms with E-state index in [1.165, 1.54) is 37.9 Å². The molecule has 1 aromatic carbocycles. The highest BCUT2D eigenvalue weighted by atomic mass is 15.1. The van der Waals surface area contributed by atoms with Crippen molar-refractivity contribution in [2.24, 2.45) is 0 Å². The van der Waals surface area contributed by atoms with E-state index in [0.29, 0.717) is 0 Å². The lowest BCUT2D eigenvalue weighted by molar-refractivity contribution is 0.282. The number of unbranched alkanes of at least 4 members (excludes halogenated alkanes) is 1. The molecule has 0 aromatic heterocycles. The number of rotatable bonds is 10. The van der Waals surface area contributed by atoms with E-state index in [1.54, 1.807) is 0 Å².